The molecule has 0 radical (unpaired) electrons. The second-order valence-corrected chi connectivity index (χ2v) is 2.78. The number of hydrogen-bond donors (Lipinski definition) is 2. The van der Waals surface area contributed by atoms with Crippen molar-refractivity contribution in [3.05, 3.63) is 34.9 Å². The van der Waals surface area contributed by atoms with E-state index in [-0.39, 0.29) is 5.75 Å². The van der Waals surface area contributed by atoms with E-state index in [1.165, 1.54) is 24.3 Å². The Morgan fingerprint density at radius 1 is 1.46 bits per heavy atom. The molecular formula is C9H7ClO3. The molecule has 0 unspecified atom stereocenters. The summed E-state index contributed by atoms with van der Waals surface area (Å²) in [4.78, 5) is 10.2. The second-order valence-electron chi connectivity index (χ2n) is 2.38. The van der Waals surface area contributed by atoms with Crippen LogP contribution in [0.1, 0.15) is 5.56 Å². The van der Waals surface area contributed by atoms with Crippen molar-refractivity contribution in [2.75, 3.05) is 0 Å². The Balaban J connectivity index is 2.96. The predicted molar refractivity (Wildman–Crippen MR) is 49.8 cm³/mol. The van der Waals surface area contributed by atoms with Crippen LogP contribution in [0.5, 0.6) is 5.75 Å². The summed E-state index contributed by atoms with van der Waals surface area (Å²) in [5.74, 6) is -0.985. The van der Waals surface area contributed by atoms with Crippen molar-refractivity contribution in [3.63, 3.8) is 0 Å². The van der Waals surface area contributed by atoms with Crippen LogP contribution < -0.4 is 0 Å². The van der Waals surface area contributed by atoms with Gasteiger partial charge in [-0.25, -0.2) is 4.79 Å². The fraction of sp³-hybridized carbons (Fsp3) is 0. The summed E-state index contributed by atoms with van der Waals surface area (Å²) in [6, 6.07) is 4.33. The molecular weight excluding hydrogens is 192 g/mol. The minimum Gasteiger partial charge on any atom is -0.508 e. The molecule has 0 aliphatic heterocycles. The zero-order valence-electron chi connectivity index (χ0n) is 6.57. The molecule has 4 heteroatoms. The second kappa shape index (κ2) is 3.96. The number of rotatable bonds is 2. The first-order valence-electron chi connectivity index (χ1n) is 3.49. The van der Waals surface area contributed by atoms with Gasteiger partial charge in [0, 0.05) is 6.08 Å². The van der Waals surface area contributed by atoms with E-state index in [0.717, 1.165) is 6.08 Å². The standard InChI is InChI=1S/C9H7ClO3/c10-8-5-7(11)3-1-6(8)2-4-9(12)13/h1-5,11H,(H,12,13). The third-order valence-corrected chi connectivity index (χ3v) is 1.72. The molecule has 0 aliphatic carbocycles. The van der Waals surface area contributed by atoms with E-state index in [4.69, 9.17) is 21.8 Å². The van der Waals surface area contributed by atoms with Crippen LogP contribution in [0.25, 0.3) is 6.08 Å². The molecule has 0 fully saturated rings. The van der Waals surface area contributed by atoms with Gasteiger partial charge in [0.1, 0.15) is 5.75 Å². The molecule has 0 aromatic heterocycles. The number of phenols is 1. The largest absolute Gasteiger partial charge is 0.508 e. The minimum atomic E-state index is -1.04. The van der Waals surface area contributed by atoms with Gasteiger partial charge in [0.2, 0.25) is 0 Å². The highest BCUT2D eigenvalue weighted by Crippen LogP contribution is 2.22. The van der Waals surface area contributed by atoms with Gasteiger partial charge in [0.15, 0.2) is 0 Å². The lowest BCUT2D eigenvalue weighted by atomic mass is 10.2. The van der Waals surface area contributed by atoms with Crippen LogP contribution in [-0.4, -0.2) is 16.2 Å². The lowest BCUT2D eigenvalue weighted by Gasteiger charge is -1.97. The number of carbonyl (C=O) groups is 1. The molecule has 0 bridgehead atoms. The first kappa shape index (κ1) is 9.61. The van der Waals surface area contributed by atoms with E-state index < -0.39 is 5.97 Å². The quantitative estimate of drug-likeness (QED) is 0.716. The molecule has 0 aliphatic rings. The average Bonchev–Trinajstić information content (AvgIpc) is 2.02. The molecule has 0 saturated heterocycles. The Kier molecular flexibility index (Phi) is 2.93. The smallest absolute Gasteiger partial charge is 0.328 e. The number of aliphatic carboxylic acids is 1. The Labute approximate surface area is 79.9 Å². The summed E-state index contributed by atoms with van der Waals surface area (Å²) in [5, 5.41) is 17.6. The van der Waals surface area contributed by atoms with Gasteiger partial charge in [-0.05, 0) is 29.8 Å². The molecule has 0 saturated carbocycles. The van der Waals surface area contributed by atoms with Crippen molar-refractivity contribution < 1.29 is 15.0 Å². The maximum absolute atomic E-state index is 10.2. The van der Waals surface area contributed by atoms with Gasteiger partial charge < -0.3 is 10.2 Å². The number of halogens is 1. The van der Waals surface area contributed by atoms with E-state index in [0.29, 0.717) is 10.6 Å². The number of aromatic hydroxyl groups is 1. The van der Waals surface area contributed by atoms with Crippen LogP contribution in [0.2, 0.25) is 5.02 Å². The van der Waals surface area contributed by atoms with Crippen LogP contribution in [0, 0.1) is 0 Å². The van der Waals surface area contributed by atoms with Crippen LogP contribution in [0.15, 0.2) is 24.3 Å². The van der Waals surface area contributed by atoms with Gasteiger partial charge in [0.25, 0.3) is 0 Å². The van der Waals surface area contributed by atoms with E-state index in [2.05, 4.69) is 0 Å². The third kappa shape index (κ3) is 2.80. The van der Waals surface area contributed by atoms with Crippen molar-refractivity contribution in [2.24, 2.45) is 0 Å². The van der Waals surface area contributed by atoms with E-state index in [9.17, 15) is 4.79 Å². The van der Waals surface area contributed by atoms with Gasteiger partial charge in [-0.2, -0.15) is 0 Å². The summed E-state index contributed by atoms with van der Waals surface area (Å²) in [6.07, 6.45) is 2.35. The number of benzene rings is 1. The summed E-state index contributed by atoms with van der Waals surface area (Å²) in [7, 11) is 0. The Morgan fingerprint density at radius 3 is 2.69 bits per heavy atom. The molecule has 1 aromatic carbocycles. The van der Waals surface area contributed by atoms with Crippen LogP contribution in [-0.2, 0) is 4.79 Å². The minimum absolute atomic E-state index is 0.0532. The van der Waals surface area contributed by atoms with Crippen LogP contribution in [0.4, 0.5) is 0 Å². The first-order chi connectivity index (χ1) is 6.09. The fourth-order valence-electron chi connectivity index (χ4n) is 0.812. The zero-order chi connectivity index (χ0) is 9.84. The Morgan fingerprint density at radius 2 is 2.15 bits per heavy atom. The lowest BCUT2D eigenvalue weighted by molar-refractivity contribution is -0.131. The lowest BCUT2D eigenvalue weighted by Crippen LogP contribution is -1.85. The highest BCUT2D eigenvalue weighted by molar-refractivity contribution is 6.32. The summed E-state index contributed by atoms with van der Waals surface area (Å²) < 4.78 is 0. The van der Waals surface area contributed by atoms with E-state index in [1.54, 1.807) is 0 Å². The van der Waals surface area contributed by atoms with Crippen LogP contribution >= 0.6 is 11.6 Å². The number of hydrogen-bond acceptors (Lipinski definition) is 2. The zero-order valence-corrected chi connectivity index (χ0v) is 7.32. The summed E-state index contributed by atoms with van der Waals surface area (Å²) in [5.41, 5.74) is 0.557. The molecule has 0 atom stereocenters. The number of carboxylic acid groups (broad SMARTS) is 1. The van der Waals surface area contributed by atoms with E-state index in [1.807, 2.05) is 0 Å². The fourth-order valence-corrected chi connectivity index (χ4v) is 1.05. The highest BCUT2D eigenvalue weighted by atomic mass is 35.5. The molecule has 1 aromatic rings. The molecule has 13 heavy (non-hydrogen) atoms. The molecule has 1 rings (SSSR count). The first-order valence-corrected chi connectivity index (χ1v) is 3.87. The van der Waals surface area contributed by atoms with Crippen molar-refractivity contribution >= 4 is 23.6 Å². The van der Waals surface area contributed by atoms with E-state index >= 15 is 0 Å². The van der Waals surface area contributed by atoms with Gasteiger partial charge in [-0.15, -0.1) is 0 Å². The summed E-state index contributed by atoms with van der Waals surface area (Å²) in [6.45, 7) is 0. The van der Waals surface area contributed by atoms with Gasteiger partial charge in [-0.1, -0.05) is 11.6 Å². The monoisotopic (exact) mass is 198 g/mol. The van der Waals surface area contributed by atoms with Gasteiger partial charge in [-0.3, -0.25) is 0 Å². The Bertz CT molecular complexity index is 358. The SMILES string of the molecule is O=C(O)C=Cc1ccc(O)cc1Cl. The summed E-state index contributed by atoms with van der Waals surface area (Å²) >= 11 is 5.71. The molecule has 2 N–H and O–H groups in total. The van der Waals surface area contributed by atoms with Crippen molar-refractivity contribution in [2.45, 2.75) is 0 Å². The molecule has 3 nitrogen and oxygen atoms in total. The highest BCUT2D eigenvalue weighted by Gasteiger charge is 1.97. The predicted octanol–water partition coefficient (Wildman–Crippen LogP) is 2.14. The van der Waals surface area contributed by atoms with Crippen molar-refractivity contribution in [1.82, 2.24) is 0 Å². The van der Waals surface area contributed by atoms with Crippen molar-refractivity contribution in [3.8, 4) is 5.75 Å². The number of carboxylic acids is 1. The van der Waals surface area contributed by atoms with Gasteiger partial charge >= 0.3 is 5.97 Å². The maximum atomic E-state index is 10.2. The van der Waals surface area contributed by atoms with Gasteiger partial charge in [0.05, 0.1) is 5.02 Å². The molecule has 0 amide bonds. The molecule has 0 heterocycles. The average molecular weight is 199 g/mol. The normalized spacial score (nSPS) is 10.5. The Hall–Kier alpha value is -1.48. The maximum Gasteiger partial charge on any atom is 0.328 e. The third-order valence-electron chi connectivity index (χ3n) is 1.39. The van der Waals surface area contributed by atoms with Crippen LogP contribution in [0.3, 0.4) is 0 Å². The molecule has 0 spiro atoms. The molecule has 68 valence electrons. The topological polar surface area (TPSA) is 57.5 Å². The van der Waals surface area contributed by atoms with Crippen molar-refractivity contribution in [1.29, 1.82) is 0 Å². The number of phenolic OH excluding ortho intramolecular Hbond substituents is 1.